The molecule has 3 nitrogen and oxygen atoms in total. The third kappa shape index (κ3) is 5.25. The van der Waals surface area contributed by atoms with E-state index in [0.29, 0.717) is 0 Å². The minimum atomic E-state index is -1.31. The van der Waals surface area contributed by atoms with Crippen LogP contribution in [0, 0.1) is 0 Å². The van der Waals surface area contributed by atoms with E-state index < -0.39 is 34.2 Å². The Morgan fingerprint density at radius 3 is 1.15 bits per heavy atom. The van der Waals surface area contributed by atoms with Gasteiger partial charge in [0.25, 0.3) is 17.6 Å². The van der Waals surface area contributed by atoms with Gasteiger partial charge in [-0.15, -0.1) is 0 Å². The van der Waals surface area contributed by atoms with Gasteiger partial charge in [0.15, 0.2) is 0 Å². The van der Waals surface area contributed by atoms with Crippen molar-refractivity contribution in [2.45, 2.75) is 26.2 Å². The Hall–Kier alpha value is 0.748. The lowest BCUT2D eigenvalue weighted by molar-refractivity contribution is 0.304. The van der Waals surface area contributed by atoms with Gasteiger partial charge >= 0.3 is 0 Å². The Morgan fingerprint density at radius 1 is 0.692 bits per heavy atom. The Kier molecular flexibility index (Phi) is 7.50. The summed E-state index contributed by atoms with van der Waals surface area (Å²) in [4.78, 5) is 0. The van der Waals surface area contributed by atoms with Crippen molar-refractivity contribution >= 4 is 34.2 Å². The quantitative estimate of drug-likeness (QED) is 0.618. The van der Waals surface area contributed by atoms with E-state index in [4.69, 9.17) is 13.0 Å². The lowest BCUT2D eigenvalue weighted by Crippen LogP contribution is -2.47. The second kappa shape index (κ2) is 7.09. The van der Waals surface area contributed by atoms with Crippen molar-refractivity contribution in [1.29, 1.82) is 0 Å². The van der Waals surface area contributed by atoms with Gasteiger partial charge in [0.1, 0.15) is 0 Å². The zero-order valence-electron chi connectivity index (χ0n) is 9.53. The van der Waals surface area contributed by atoms with Gasteiger partial charge in [-0.2, -0.15) is 0 Å². The number of hydrogen-bond donors (Lipinski definition) is 0. The van der Waals surface area contributed by atoms with E-state index in [0.717, 1.165) is 0 Å². The molecule has 80 valence electrons. The van der Waals surface area contributed by atoms with E-state index in [9.17, 15) is 0 Å². The van der Waals surface area contributed by atoms with Crippen molar-refractivity contribution in [2.24, 2.45) is 0 Å². The summed E-state index contributed by atoms with van der Waals surface area (Å²) in [6.07, 6.45) is 0. The first kappa shape index (κ1) is 13.7. The van der Waals surface area contributed by atoms with Crippen LogP contribution in [-0.4, -0.2) is 48.5 Å². The molecule has 0 spiro atoms. The zero-order valence-corrected chi connectivity index (χ0v) is 14.2. The van der Waals surface area contributed by atoms with E-state index >= 15 is 0 Å². The molecule has 0 aliphatic rings. The summed E-state index contributed by atoms with van der Waals surface area (Å²) in [5.74, 6) is 0. The summed E-state index contributed by atoms with van der Waals surface area (Å²) in [5.41, 5.74) is 0. The summed E-state index contributed by atoms with van der Waals surface area (Å²) in [5, 5.41) is 0. The Labute approximate surface area is 87.9 Å². The second-order valence-corrected chi connectivity index (χ2v) is 23.6. The van der Waals surface area contributed by atoms with Crippen molar-refractivity contribution in [3.8, 4) is 0 Å². The predicted octanol–water partition coefficient (Wildman–Crippen LogP) is -0.133. The summed E-state index contributed by atoms with van der Waals surface area (Å²) in [7, 11) is -0.497. The molecule has 2 atom stereocenters. The normalized spacial score (nSPS) is 16.6. The molecule has 0 aromatic heterocycles. The smallest absolute Gasteiger partial charge is 0.286 e. The lowest BCUT2D eigenvalue weighted by Gasteiger charge is -2.24. The molecule has 0 aromatic rings. The third-order valence-corrected chi connectivity index (χ3v) is 18.1. The van der Waals surface area contributed by atoms with Crippen LogP contribution < -0.4 is 0 Å². The van der Waals surface area contributed by atoms with Crippen molar-refractivity contribution in [3.05, 3.63) is 0 Å². The lowest BCUT2D eigenvalue weighted by atomic mass is 11.8. The first-order valence-electron chi connectivity index (χ1n) is 4.74. The highest BCUT2D eigenvalue weighted by molar-refractivity contribution is 7.23. The van der Waals surface area contributed by atoms with Gasteiger partial charge in [-0.3, -0.25) is 0 Å². The topological polar surface area (TPSA) is 27.7 Å². The Bertz CT molecular complexity index is 119. The maximum Gasteiger partial charge on any atom is 0.286 e. The highest BCUT2D eigenvalue weighted by Gasteiger charge is 2.26. The van der Waals surface area contributed by atoms with E-state index in [1.54, 1.807) is 14.2 Å². The number of hydrogen-bond acceptors (Lipinski definition) is 3. The fourth-order valence-electron chi connectivity index (χ4n) is 1.10. The molecule has 0 saturated heterocycles. The predicted molar refractivity (Wildman–Crippen MR) is 67.2 cm³/mol. The molecule has 0 rings (SSSR count). The molecule has 2 unspecified atom stereocenters. The summed E-state index contributed by atoms with van der Waals surface area (Å²) in [6.45, 7) is 9.18. The average molecular weight is 255 g/mol. The molecule has 0 aromatic carbocycles. The van der Waals surface area contributed by atoms with Crippen molar-refractivity contribution < 1.29 is 13.0 Å². The van der Waals surface area contributed by atoms with Crippen molar-refractivity contribution in [1.82, 2.24) is 0 Å². The summed E-state index contributed by atoms with van der Waals surface area (Å²) >= 11 is 0. The van der Waals surface area contributed by atoms with Crippen LogP contribution in [0.4, 0.5) is 0 Å². The van der Waals surface area contributed by atoms with Gasteiger partial charge in [-0.05, 0) is 0 Å². The molecule has 0 aliphatic carbocycles. The monoisotopic (exact) mass is 254 g/mol. The molecule has 0 saturated carbocycles. The SMILES string of the molecule is CO[SiH](O[SiH](OC)[SiH](C)C)[SiH](C)C. The first-order chi connectivity index (χ1) is 6.02. The van der Waals surface area contributed by atoms with E-state index in [1.807, 2.05) is 0 Å². The van der Waals surface area contributed by atoms with E-state index in [1.165, 1.54) is 0 Å². The highest BCUT2D eigenvalue weighted by Crippen LogP contribution is 2.01. The van der Waals surface area contributed by atoms with E-state index in [2.05, 4.69) is 26.2 Å². The maximum atomic E-state index is 6.03. The van der Waals surface area contributed by atoms with Crippen LogP contribution in [0.1, 0.15) is 0 Å². The zero-order chi connectivity index (χ0) is 10.4. The molecular weight excluding hydrogens is 232 g/mol. The highest BCUT2D eigenvalue weighted by atomic mass is 29.3. The average Bonchev–Trinajstić information content (AvgIpc) is 2.05. The molecule has 0 bridgehead atoms. The minimum absolute atomic E-state index is 0.725. The van der Waals surface area contributed by atoms with Crippen LogP contribution in [0.5, 0.6) is 0 Å². The molecule has 0 amide bonds. The Balaban J connectivity index is 4.03. The summed E-state index contributed by atoms with van der Waals surface area (Å²) < 4.78 is 16.9. The standard InChI is InChI=1S/C6H22O3Si4/c1-7-12(10(3)4)9-13(8-2)11(5)6/h10-13H,1-6H3. The molecule has 0 heterocycles. The van der Waals surface area contributed by atoms with Gasteiger partial charge in [-0.25, -0.2) is 0 Å². The minimum Gasteiger partial charge on any atom is -0.424 e. The molecule has 0 aliphatic heterocycles. The Morgan fingerprint density at radius 2 is 1.00 bits per heavy atom. The van der Waals surface area contributed by atoms with Crippen LogP contribution in [0.2, 0.25) is 26.2 Å². The van der Waals surface area contributed by atoms with Crippen LogP contribution in [0.15, 0.2) is 0 Å². The van der Waals surface area contributed by atoms with Crippen LogP contribution >= 0.6 is 0 Å². The van der Waals surface area contributed by atoms with Crippen LogP contribution in [0.3, 0.4) is 0 Å². The fraction of sp³-hybridized carbons (Fsp3) is 1.00. The van der Waals surface area contributed by atoms with Gasteiger partial charge in [0, 0.05) is 14.2 Å². The second-order valence-electron chi connectivity index (χ2n) is 3.83. The number of rotatable bonds is 6. The van der Waals surface area contributed by atoms with Gasteiger partial charge in [0.05, 0.1) is 16.6 Å². The van der Waals surface area contributed by atoms with Crippen LogP contribution in [-0.2, 0) is 13.0 Å². The molecule has 13 heavy (non-hydrogen) atoms. The molecular formula is C6H22O3Si4. The first-order valence-corrected chi connectivity index (χ1v) is 16.6. The molecule has 7 heteroatoms. The van der Waals surface area contributed by atoms with Gasteiger partial charge in [0.2, 0.25) is 0 Å². The maximum absolute atomic E-state index is 6.03. The van der Waals surface area contributed by atoms with E-state index in [-0.39, 0.29) is 0 Å². The fourth-order valence-corrected chi connectivity index (χ4v) is 20.0. The molecule has 0 N–H and O–H groups in total. The van der Waals surface area contributed by atoms with Gasteiger partial charge in [-0.1, -0.05) is 26.2 Å². The third-order valence-electron chi connectivity index (χ3n) is 1.82. The summed E-state index contributed by atoms with van der Waals surface area (Å²) in [6, 6.07) is 0. The van der Waals surface area contributed by atoms with Crippen molar-refractivity contribution in [3.63, 3.8) is 0 Å². The van der Waals surface area contributed by atoms with Crippen LogP contribution in [0.25, 0.3) is 0 Å². The largest absolute Gasteiger partial charge is 0.424 e. The van der Waals surface area contributed by atoms with Crippen molar-refractivity contribution in [2.75, 3.05) is 14.2 Å². The van der Waals surface area contributed by atoms with Gasteiger partial charge < -0.3 is 13.0 Å². The molecule has 0 fully saturated rings. The molecule has 0 radical (unpaired) electrons.